The largest absolute Gasteiger partial charge is 0.416 e. The molecule has 2 fully saturated rings. The third-order valence-corrected chi connectivity index (χ3v) is 8.41. The van der Waals surface area contributed by atoms with E-state index >= 15 is 0 Å². The Morgan fingerprint density at radius 3 is 1.28 bits per heavy atom. The summed E-state index contributed by atoms with van der Waals surface area (Å²) in [6.07, 6.45) is -6.49. The van der Waals surface area contributed by atoms with Crippen molar-refractivity contribution in [3.05, 3.63) is 70.8 Å². The van der Waals surface area contributed by atoms with Gasteiger partial charge in [0.15, 0.2) is 11.6 Å². The average molecular weight is 655 g/mol. The maximum Gasteiger partial charge on any atom is 0.416 e. The van der Waals surface area contributed by atoms with E-state index in [1.165, 1.54) is 24.3 Å². The van der Waals surface area contributed by atoms with Crippen molar-refractivity contribution in [2.24, 2.45) is 11.8 Å². The number of nitrogens with one attached hydrogen (secondary N) is 2. The van der Waals surface area contributed by atoms with E-state index in [9.17, 15) is 45.5 Å². The number of amides is 4. The molecule has 4 amide bonds. The third kappa shape index (κ3) is 9.23. The number of rotatable bonds is 9. The van der Waals surface area contributed by atoms with Crippen LogP contribution in [-0.2, 0) is 12.4 Å². The molecule has 2 saturated heterocycles. The summed E-state index contributed by atoms with van der Waals surface area (Å²) in [6.45, 7) is 1.94. The number of halogens is 6. The van der Waals surface area contributed by atoms with E-state index in [2.05, 4.69) is 10.6 Å². The highest BCUT2D eigenvalue weighted by Gasteiger charge is 2.34. The van der Waals surface area contributed by atoms with Gasteiger partial charge in [-0.3, -0.25) is 9.59 Å². The molecule has 2 aliphatic rings. The summed E-state index contributed by atoms with van der Waals surface area (Å²) in [6, 6.07) is 8.15. The van der Waals surface area contributed by atoms with Gasteiger partial charge in [0.25, 0.3) is 0 Å². The first-order valence-corrected chi connectivity index (χ1v) is 15.2. The molecular weight excluding hydrogens is 618 g/mol. The van der Waals surface area contributed by atoms with E-state index in [4.69, 9.17) is 0 Å². The third-order valence-electron chi connectivity index (χ3n) is 8.41. The molecule has 2 N–H and O–H groups in total. The first-order chi connectivity index (χ1) is 21.7. The fourth-order valence-electron chi connectivity index (χ4n) is 5.72. The Kier molecular flexibility index (Phi) is 11.3. The Hall–Kier alpha value is -4.10. The summed E-state index contributed by atoms with van der Waals surface area (Å²) in [5.74, 6) is -1.64. The number of piperidine rings is 2. The van der Waals surface area contributed by atoms with Crippen molar-refractivity contribution < 1.29 is 45.5 Å². The smallest absolute Gasteiger partial charge is 0.338 e. The summed E-state index contributed by atoms with van der Waals surface area (Å²) in [5.41, 5.74) is -1.72. The van der Waals surface area contributed by atoms with Crippen molar-refractivity contribution >= 4 is 23.6 Å². The fourth-order valence-corrected chi connectivity index (χ4v) is 5.72. The van der Waals surface area contributed by atoms with Crippen LogP contribution in [0, 0.1) is 11.8 Å². The minimum atomic E-state index is -4.53. The molecule has 0 unspecified atom stereocenters. The van der Waals surface area contributed by atoms with Crippen LogP contribution >= 0.6 is 0 Å². The summed E-state index contributed by atoms with van der Waals surface area (Å²) in [4.78, 5) is 53.7. The molecule has 0 radical (unpaired) electrons. The van der Waals surface area contributed by atoms with Gasteiger partial charge in [0.2, 0.25) is 0 Å². The van der Waals surface area contributed by atoms with Gasteiger partial charge in [-0.15, -0.1) is 0 Å². The minimum Gasteiger partial charge on any atom is -0.338 e. The monoisotopic (exact) mass is 654 g/mol. The summed E-state index contributed by atoms with van der Waals surface area (Å²) in [5, 5.41) is 5.61. The molecule has 0 aliphatic carbocycles. The maximum absolute atomic E-state index is 13.0. The summed E-state index contributed by atoms with van der Waals surface area (Å²) >= 11 is 0. The van der Waals surface area contributed by atoms with Crippen molar-refractivity contribution in [3.63, 3.8) is 0 Å². The second-order valence-electron chi connectivity index (χ2n) is 11.6. The lowest BCUT2D eigenvalue weighted by Gasteiger charge is -2.31. The number of unbranched alkanes of at least 4 members (excludes halogenated alkanes) is 1. The van der Waals surface area contributed by atoms with Gasteiger partial charge in [-0.25, -0.2) is 9.59 Å². The highest BCUT2D eigenvalue weighted by atomic mass is 19.4. The molecular formula is C32H36F6N4O4. The van der Waals surface area contributed by atoms with E-state index in [0.29, 0.717) is 77.8 Å². The number of urea groups is 2. The van der Waals surface area contributed by atoms with Crippen molar-refractivity contribution in [3.8, 4) is 0 Å². The Labute approximate surface area is 262 Å². The second kappa shape index (κ2) is 15.0. The normalized spacial score (nSPS) is 16.7. The lowest BCUT2D eigenvalue weighted by molar-refractivity contribution is -0.138. The molecule has 250 valence electrons. The molecule has 14 heteroatoms. The topological polar surface area (TPSA) is 98.8 Å². The van der Waals surface area contributed by atoms with Crippen LogP contribution in [0.1, 0.15) is 70.4 Å². The zero-order valence-corrected chi connectivity index (χ0v) is 25.1. The van der Waals surface area contributed by atoms with Crippen molar-refractivity contribution in [1.82, 2.24) is 20.4 Å². The van der Waals surface area contributed by atoms with Crippen LogP contribution in [0.3, 0.4) is 0 Å². The molecule has 2 heterocycles. The average Bonchev–Trinajstić information content (AvgIpc) is 3.05. The molecule has 8 nitrogen and oxygen atoms in total. The quantitative estimate of drug-likeness (QED) is 0.186. The first kappa shape index (κ1) is 34.8. The predicted octanol–water partition coefficient (Wildman–Crippen LogP) is 6.41. The van der Waals surface area contributed by atoms with Gasteiger partial charge in [0, 0.05) is 62.2 Å². The van der Waals surface area contributed by atoms with Gasteiger partial charge in [-0.2, -0.15) is 26.3 Å². The summed E-state index contributed by atoms with van der Waals surface area (Å²) < 4.78 is 78.0. The molecule has 2 aromatic carbocycles. The van der Waals surface area contributed by atoms with E-state index in [0.717, 1.165) is 24.3 Å². The number of hydrogen-bond acceptors (Lipinski definition) is 4. The van der Waals surface area contributed by atoms with Crippen LogP contribution in [0.4, 0.5) is 35.9 Å². The number of benzene rings is 2. The van der Waals surface area contributed by atoms with Gasteiger partial charge in [-0.1, -0.05) is 24.3 Å². The molecule has 0 bridgehead atoms. The molecule has 0 saturated carbocycles. The van der Waals surface area contributed by atoms with Crippen LogP contribution in [0.2, 0.25) is 0 Å². The van der Waals surface area contributed by atoms with Gasteiger partial charge in [0.05, 0.1) is 11.1 Å². The SMILES string of the molecule is O=C(c1cccc(C(F)(F)F)c1)C1CCN(C(=O)NCCCCNC(=O)N2CCC(C(=O)c3cccc(C(F)(F)F)c3)CC2)CC1. The van der Waals surface area contributed by atoms with Crippen LogP contribution in [0.25, 0.3) is 0 Å². The Morgan fingerprint density at radius 1 is 0.609 bits per heavy atom. The second-order valence-corrected chi connectivity index (χ2v) is 11.6. The number of ketones is 2. The fraction of sp³-hybridized carbons (Fsp3) is 0.500. The number of Topliss-reactive ketones (excluding diaryl/α,β-unsaturated/α-hetero) is 2. The Balaban J connectivity index is 1.08. The molecule has 4 rings (SSSR count). The first-order valence-electron chi connectivity index (χ1n) is 15.2. The van der Waals surface area contributed by atoms with Crippen LogP contribution in [-0.4, -0.2) is 72.7 Å². The van der Waals surface area contributed by atoms with E-state index < -0.39 is 35.3 Å². The maximum atomic E-state index is 13.0. The van der Waals surface area contributed by atoms with Gasteiger partial charge < -0.3 is 20.4 Å². The van der Waals surface area contributed by atoms with E-state index in [1.54, 1.807) is 9.80 Å². The molecule has 46 heavy (non-hydrogen) atoms. The standard InChI is InChI=1S/C32H36F6N4O4/c33-31(34,35)25-7-3-5-23(19-25)27(43)21-9-15-41(16-10-21)29(45)39-13-1-2-14-40-30(46)42-17-11-22(12-18-42)28(44)24-6-4-8-26(20-24)32(36,37)38/h3-8,19-22H,1-2,9-18H2,(H,39,45)(H,40,46). The number of likely N-dealkylation sites (tertiary alicyclic amines) is 2. The van der Waals surface area contributed by atoms with Crippen LogP contribution < -0.4 is 10.6 Å². The zero-order valence-electron chi connectivity index (χ0n) is 25.1. The van der Waals surface area contributed by atoms with Gasteiger partial charge >= 0.3 is 24.4 Å². The predicted molar refractivity (Wildman–Crippen MR) is 156 cm³/mol. The highest BCUT2D eigenvalue weighted by Crippen LogP contribution is 2.32. The lowest BCUT2D eigenvalue weighted by Crippen LogP contribution is -2.46. The van der Waals surface area contributed by atoms with Crippen molar-refractivity contribution in [1.29, 1.82) is 0 Å². The van der Waals surface area contributed by atoms with Crippen LogP contribution in [0.15, 0.2) is 48.5 Å². The lowest BCUT2D eigenvalue weighted by atomic mass is 9.88. The molecule has 2 aliphatic heterocycles. The van der Waals surface area contributed by atoms with Crippen molar-refractivity contribution in [2.75, 3.05) is 39.3 Å². The molecule has 0 spiro atoms. The Morgan fingerprint density at radius 2 is 0.957 bits per heavy atom. The number of hydrogen-bond donors (Lipinski definition) is 2. The van der Waals surface area contributed by atoms with E-state index in [-0.39, 0.29) is 34.8 Å². The zero-order chi connectivity index (χ0) is 33.5. The number of carbonyl (C=O) groups is 4. The molecule has 2 aromatic rings. The Bertz CT molecular complexity index is 1290. The number of nitrogens with zero attached hydrogens (tertiary/aromatic N) is 2. The molecule has 0 atom stereocenters. The number of alkyl halides is 6. The molecule has 0 aromatic heterocycles. The van der Waals surface area contributed by atoms with Crippen LogP contribution in [0.5, 0.6) is 0 Å². The number of carbonyl (C=O) groups excluding carboxylic acids is 4. The van der Waals surface area contributed by atoms with Gasteiger partial charge in [-0.05, 0) is 62.8 Å². The van der Waals surface area contributed by atoms with Crippen molar-refractivity contribution in [2.45, 2.75) is 50.9 Å². The summed E-state index contributed by atoms with van der Waals surface area (Å²) in [7, 11) is 0. The minimum absolute atomic E-state index is 0.0124. The highest BCUT2D eigenvalue weighted by molar-refractivity contribution is 5.98. The van der Waals surface area contributed by atoms with Gasteiger partial charge in [0.1, 0.15) is 0 Å². The van der Waals surface area contributed by atoms with E-state index in [1.807, 2.05) is 0 Å².